The van der Waals surface area contributed by atoms with E-state index in [-0.39, 0.29) is 31.5 Å². The molecule has 0 N–H and O–H groups in total. The molecule has 11 heteroatoms. The molecule has 216 valence electrons. The zero-order valence-corrected chi connectivity index (χ0v) is 23.4. The predicted octanol–water partition coefficient (Wildman–Crippen LogP) is 6.23. The van der Waals surface area contributed by atoms with Gasteiger partial charge in [0.1, 0.15) is 11.5 Å². The number of carbonyl (C=O) groups excluding carboxylic acids is 2. The van der Waals surface area contributed by atoms with Crippen molar-refractivity contribution in [3.05, 3.63) is 87.4 Å². The summed E-state index contributed by atoms with van der Waals surface area (Å²) in [7, 11) is 0. The highest BCUT2D eigenvalue weighted by Crippen LogP contribution is 2.41. The average molecular weight is 587 g/mol. The van der Waals surface area contributed by atoms with Crippen molar-refractivity contribution >= 4 is 28.9 Å². The van der Waals surface area contributed by atoms with Crippen LogP contribution >= 0.6 is 11.3 Å². The highest BCUT2D eigenvalue weighted by molar-refractivity contribution is 7.10. The fourth-order valence-corrected chi connectivity index (χ4v) is 6.44. The van der Waals surface area contributed by atoms with E-state index >= 15 is 4.39 Å². The second kappa shape index (κ2) is 10.8. The van der Waals surface area contributed by atoms with Gasteiger partial charge in [0, 0.05) is 46.9 Å². The third-order valence-electron chi connectivity index (χ3n) is 7.79. The van der Waals surface area contributed by atoms with Gasteiger partial charge in [-0.1, -0.05) is 7.43 Å². The Labute approximate surface area is 246 Å². The lowest BCUT2D eigenvalue weighted by Gasteiger charge is -2.33. The first-order valence-corrected chi connectivity index (χ1v) is 14.6. The first-order valence-electron chi connectivity index (χ1n) is 13.7. The molecule has 42 heavy (non-hydrogen) atoms. The summed E-state index contributed by atoms with van der Waals surface area (Å²) in [5.74, 6) is -0.776. The molecule has 5 heterocycles. The van der Waals surface area contributed by atoms with Crippen LogP contribution in [0, 0.1) is 5.82 Å². The highest BCUT2D eigenvalue weighted by Gasteiger charge is 2.33. The highest BCUT2D eigenvalue weighted by atomic mass is 32.1. The second-order valence-corrected chi connectivity index (χ2v) is 11.4. The second-order valence-electron chi connectivity index (χ2n) is 10.4. The Balaban J connectivity index is 0.00000316. The molecule has 1 saturated carbocycles. The number of carbonyl (C=O) groups is 2. The lowest BCUT2D eigenvalue weighted by Crippen LogP contribution is -2.38. The molecular formula is C31H31FN6O3S. The minimum atomic E-state index is -0.489. The van der Waals surface area contributed by atoms with E-state index < -0.39 is 11.8 Å². The summed E-state index contributed by atoms with van der Waals surface area (Å²) in [6.07, 6.45) is 5.77. The molecule has 0 saturated heterocycles. The number of thiophene rings is 1. The first-order chi connectivity index (χ1) is 19.9. The smallest absolute Gasteiger partial charge is 0.341 e. The van der Waals surface area contributed by atoms with Gasteiger partial charge in [-0.25, -0.2) is 23.4 Å². The molecule has 4 aromatic heterocycles. The molecular weight excluding hydrogens is 555 g/mol. The number of fused-ring (bicyclic) bond motifs is 2. The minimum Gasteiger partial charge on any atom is -0.462 e. The molecule has 0 bridgehead atoms. The summed E-state index contributed by atoms with van der Waals surface area (Å²) in [5.41, 5.74) is 4.51. The van der Waals surface area contributed by atoms with Crippen LogP contribution in [0.3, 0.4) is 0 Å². The Bertz CT molecular complexity index is 1820. The molecule has 1 aliphatic carbocycles. The number of rotatable bonds is 6. The molecule has 1 aliphatic heterocycles. The van der Waals surface area contributed by atoms with E-state index in [4.69, 9.17) is 14.8 Å². The van der Waals surface area contributed by atoms with Crippen molar-refractivity contribution in [2.24, 2.45) is 0 Å². The number of esters is 1. The van der Waals surface area contributed by atoms with Crippen LogP contribution in [0.5, 0.6) is 0 Å². The molecule has 7 rings (SSSR count). The van der Waals surface area contributed by atoms with Crippen LogP contribution < -0.4 is 0 Å². The van der Waals surface area contributed by atoms with Crippen LogP contribution in [0.1, 0.15) is 83.1 Å². The number of aromatic nitrogens is 5. The van der Waals surface area contributed by atoms with E-state index in [1.807, 2.05) is 11.0 Å². The Morgan fingerprint density at radius 3 is 2.76 bits per heavy atom. The lowest BCUT2D eigenvalue weighted by atomic mass is 10.0. The summed E-state index contributed by atoms with van der Waals surface area (Å²) in [6.45, 7) is 4.70. The summed E-state index contributed by atoms with van der Waals surface area (Å²) in [4.78, 5) is 33.6. The van der Waals surface area contributed by atoms with Crippen LogP contribution in [0.2, 0.25) is 0 Å². The number of amides is 1. The average Bonchev–Trinajstić information content (AvgIpc) is 3.34. The fourth-order valence-electron chi connectivity index (χ4n) is 5.48. The molecule has 1 fully saturated rings. The van der Waals surface area contributed by atoms with Gasteiger partial charge in [-0.15, -0.1) is 11.3 Å². The summed E-state index contributed by atoms with van der Waals surface area (Å²) >= 11 is 1.74. The lowest BCUT2D eigenvalue weighted by molar-refractivity contribution is 0.0526. The van der Waals surface area contributed by atoms with Gasteiger partial charge in [-0.2, -0.15) is 10.2 Å². The molecule has 5 aromatic rings. The van der Waals surface area contributed by atoms with Crippen molar-refractivity contribution < 1.29 is 18.7 Å². The fraction of sp³-hybridized carbons (Fsp3) is 0.323. The number of halogens is 1. The summed E-state index contributed by atoms with van der Waals surface area (Å²) in [6, 6.07) is 10.4. The topological polar surface area (TPSA) is 94.6 Å². The van der Waals surface area contributed by atoms with E-state index in [1.54, 1.807) is 41.0 Å². The summed E-state index contributed by atoms with van der Waals surface area (Å²) < 4.78 is 23.6. The van der Waals surface area contributed by atoms with Gasteiger partial charge in [-0.05, 0) is 68.3 Å². The third kappa shape index (κ3) is 4.77. The Hall–Kier alpha value is -4.38. The molecule has 2 aliphatic rings. The van der Waals surface area contributed by atoms with E-state index in [1.165, 1.54) is 33.6 Å². The van der Waals surface area contributed by atoms with Crippen molar-refractivity contribution in [1.82, 2.24) is 29.3 Å². The number of hydrogen-bond acceptors (Lipinski definition) is 7. The molecule has 1 amide bonds. The standard InChI is InChI=1S/C30H27FN6O3S.CH4/c1-3-40-30(39)19-15-32-36(16-19)20-6-7-22(23(31)12-20)24-14-28-33-25(13-26(18-4-5-18)37(28)34-24)29(38)35-10-8-27-21(17(35)2)9-11-41-27;/h6-7,9,11-18H,3-5,8,10H2,1-2H3;1H4/t17-;/m1./s1. The predicted molar refractivity (Wildman–Crippen MR) is 158 cm³/mol. The molecule has 9 nitrogen and oxygen atoms in total. The van der Waals surface area contributed by atoms with Gasteiger partial charge in [0.05, 0.1) is 35.8 Å². The van der Waals surface area contributed by atoms with Crippen molar-refractivity contribution in [2.75, 3.05) is 13.2 Å². The Kier molecular flexibility index (Phi) is 7.14. The monoisotopic (exact) mass is 586 g/mol. The zero-order valence-electron chi connectivity index (χ0n) is 22.6. The number of nitrogens with zero attached hydrogens (tertiary/aromatic N) is 6. The maximum Gasteiger partial charge on any atom is 0.341 e. The van der Waals surface area contributed by atoms with Crippen molar-refractivity contribution in [3.8, 4) is 16.9 Å². The molecule has 0 spiro atoms. The summed E-state index contributed by atoms with van der Waals surface area (Å²) in [5, 5.41) is 11.0. The zero-order chi connectivity index (χ0) is 28.2. The van der Waals surface area contributed by atoms with Crippen molar-refractivity contribution in [2.45, 2.75) is 52.5 Å². The molecule has 1 aromatic carbocycles. The Morgan fingerprint density at radius 2 is 2.00 bits per heavy atom. The van der Waals surface area contributed by atoms with Crippen LogP contribution in [-0.4, -0.2) is 54.3 Å². The van der Waals surface area contributed by atoms with E-state index in [0.717, 1.165) is 25.0 Å². The van der Waals surface area contributed by atoms with Gasteiger partial charge >= 0.3 is 5.97 Å². The molecule has 0 unspecified atom stereocenters. The first kappa shape index (κ1) is 27.8. The SMILES string of the molecule is C.CCOC(=O)c1cnn(-c2ccc(-c3cc4nc(C(=O)N5CCc6sccc6[C@H]5C)cc(C5CC5)n4n3)c(F)c2)c1. The Morgan fingerprint density at radius 1 is 1.17 bits per heavy atom. The maximum atomic E-state index is 15.4. The van der Waals surface area contributed by atoms with Gasteiger partial charge in [0.25, 0.3) is 5.91 Å². The molecule has 0 radical (unpaired) electrons. The minimum absolute atomic E-state index is 0. The van der Waals surface area contributed by atoms with Gasteiger partial charge in [0.2, 0.25) is 0 Å². The number of hydrogen-bond donors (Lipinski definition) is 0. The number of benzene rings is 1. The van der Waals surface area contributed by atoms with E-state index in [0.29, 0.717) is 40.7 Å². The van der Waals surface area contributed by atoms with Gasteiger partial charge < -0.3 is 9.64 Å². The third-order valence-corrected chi connectivity index (χ3v) is 8.79. The van der Waals surface area contributed by atoms with Crippen LogP contribution in [0.4, 0.5) is 4.39 Å². The van der Waals surface area contributed by atoms with Crippen LogP contribution in [-0.2, 0) is 11.2 Å². The molecule has 1 atom stereocenters. The van der Waals surface area contributed by atoms with E-state index in [2.05, 4.69) is 23.5 Å². The maximum absolute atomic E-state index is 15.4. The van der Waals surface area contributed by atoms with Crippen LogP contribution in [0.15, 0.2) is 54.2 Å². The van der Waals surface area contributed by atoms with Gasteiger partial charge in [0.15, 0.2) is 5.65 Å². The largest absolute Gasteiger partial charge is 0.462 e. The van der Waals surface area contributed by atoms with Crippen LogP contribution in [0.25, 0.3) is 22.6 Å². The van der Waals surface area contributed by atoms with E-state index in [9.17, 15) is 9.59 Å². The normalized spacial score (nSPS) is 16.3. The van der Waals surface area contributed by atoms with Gasteiger partial charge in [-0.3, -0.25) is 4.79 Å². The van der Waals surface area contributed by atoms with Crippen molar-refractivity contribution in [1.29, 1.82) is 0 Å². The van der Waals surface area contributed by atoms with Crippen molar-refractivity contribution in [3.63, 3.8) is 0 Å². The quantitative estimate of drug-likeness (QED) is 0.219. The number of ether oxygens (including phenoxy) is 1.